The Bertz CT molecular complexity index is 164. The first-order valence-corrected chi connectivity index (χ1v) is 7.28. The Morgan fingerprint density at radius 3 is 2.12 bits per heavy atom. The second-order valence-electron chi connectivity index (χ2n) is 5.14. The van der Waals surface area contributed by atoms with Gasteiger partial charge in [0.05, 0.1) is 0 Å². The van der Waals surface area contributed by atoms with Gasteiger partial charge in [0.2, 0.25) is 0 Å². The Kier molecular flexibility index (Phi) is 7.06. The summed E-state index contributed by atoms with van der Waals surface area (Å²) < 4.78 is 0. The van der Waals surface area contributed by atoms with E-state index < -0.39 is 0 Å². The molecule has 96 valence electrons. The van der Waals surface area contributed by atoms with E-state index in [-0.39, 0.29) is 0 Å². The van der Waals surface area contributed by atoms with Crippen molar-refractivity contribution in [2.45, 2.75) is 58.9 Å². The van der Waals surface area contributed by atoms with Crippen LogP contribution in [0.25, 0.3) is 0 Å². The van der Waals surface area contributed by atoms with E-state index in [0.29, 0.717) is 0 Å². The molecule has 1 saturated carbocycles. The summed E-state index contributed by atoms with van der Waals surface area (Å²) >= 11 is 0. The maximum absolute atomic E-state index is 3.58. The van der Waals surface area contributed by atoms with E-state index in [4.69, 9.17) is 0 Å². The summed E-state index contributed by atoms with van der Waals surface area (Å²) in [6.07, 6.45) is 6.71. The molecule has 1 aliphatic rings. The van der Waals surface area contributed by atoms with Crippen molar-refractivity contribution in [3.63, 3.8) is 0 Å². The lowest BCUT2D eigenvalue weighted by molar-refractivity contribution is 0.0617. The summed E-state index contributed by atoms with van der Waals surface area (Å²) in [6.45, 7) is 11.8. The van der Waals surface area contributed by atoms with Gasteiger partial charge in [-0.25, -0.2) is 0 Å². The van der Waals surface area contributed by atoms with E-state index in [1.165, 1.54) is 58.3 Å². The molecule has 16 heavy (non-hydrogen) atoms. The average Bonchev–Trinajstić information content (AvgIpc) is 2.23. The Balaban J connectivity index is 2.27. The first kappa shape index (κ1) is 14.0. The molecule has 0 amide bonds. The standard InChI is InChI=1S/C14H30N2/c1-4-9-15-12-13-7-8-14(13)16(10-5-2)11-6-3/h13-15H,4-12H2,1-3H3. The third-order valence-corrected chi connectivity index (χ3v) is 3.70. The molecule has 2 heteroatoms. The van der Waals surface area contributed by atoms with Crippen LogP contribution in [0.2, 0.25) is 0 Å². The molecule has 0 aromatic rings. The fourth-order valence-corrected chi connectivity index (χ4v) is 2.75. The van der Waals surface area contributed by atoms with Gasteiger partial charge in [0.25, 0.3) is 0 Å². The normalized spacial score (nSPS) is 24.8. The van der Waals surface area contributed by atoms with Crippen molar-refractivity contribution in [3.05, 3.63) is 0 Å². The van der Waals surface area contributed by atoms with Gasteiger partial charge in [0, 0.05) is 6.04 Å². The van der Waals surface area contributed by atoms with Gasteiger partial charge in [-0.2, -0.15) is 0 Å². The topological polar surface area (TPSA) is 15.3 Å². The van der Waals surface area contributed by atoms with Crippen molar-refractivity contribution in [3.8, 4) is 0 Å². The fourth-order valence-electron chi connectivity index (χ4n) is 2.75. The Labute approximate surface area is 102 Å². The first-order valence-electron chi connectivity index (χ1n) is 7.28. The minimum absolute atomic E-state index is 0.879. The highest BCUT2D eigenvalue weighted by atomic mass is 15.2. The summed E-state index contributed by atoms with van der Waals surface area (Å²) in [5, 5.41) is 3.58. The molecule has 0 spiro atoms. The van der Waals surface area contributed by atoms with Crippen LogP contribution < -0.4 is 5.32 Å². The summed E-state index contributed by atoms with van der Waals surface area (Å²) in [6, 6.07) is 0.879. The minimum Gasteiger partial charge on any atom is -0.316 e. The van der Waals surface area contributed by atoms with E-state index >= 15 is 0 Å². The molecule has 0 aromatic carbocycles. The third kappa shape index (κ3) is 4.06. The summed E-state index contributed by atoms with van der Waals surface area (Å²) in [7, 11) is 0. The smallest absolute Gasteiger partial charge is 0.0136 e. The Hall–Kier alpha value is -0.0800. The molecule has 2 nitrogen and oxygen atoms in total. The summed E-state index contributed by atoms with van der Waals surface area (Å²) in [4.78, 5) is 2.72. The van der Waals surface area contributed by atoms with Crippen molar-refractivity contribution in [2.75, 3.05) is 26.2 Å². The number of hydrogen-bond acceptors (Lipinski definition) is 2. The molecule has 2 atom stereocenters. The first-order chi connectivity index (χ1) is 7.83. The molecule has 0 saturated heterocycles. The number of hydrogen-bond donors (Lipinski definition) is 1. The molecular weight excluding hydrogens is 196 g/mol. The molecule has 1 aliphatic carbocycles. The lowest BCUT2D eigenvalue weighted by Crippen LogP contribution is -2.51. The van der Waals surface area contributed by atoms with Crippen LogP contribution in [0.15, 0.2) is 0 Å². The van der Waals surface area contributed by atoms with Gasteiger partial charge < -0.3 is 10.2 Å². The van der Waals surface area contributed by atoms with E-state index in [0.717, 1.165) is 12.0 Å². The second-order valence-corrected chi connectivity index (χ2v) is 5.14. The van der Waals surface area contributed by atoms with Crippen molar-refractivity contribution in [1.82, 2.24) is 10.2 Å². The highest BCUT2D eigenvalue weighted by molar-refractivity contribution is 4.89. The largest absolute Gasteiger partial charge is 0.316 e. The highest BCUT2D eigenvalue weighted by Gasteiger charge is 2.34. The summed E-state index contributed by atoms with van der Waals surface area (Å²) in [5.41, 5.74) is 0. The Morgan fingerprint density at radius 1 is 1.00 bits per heavy atom. The summed E-state index contributed by atoms with van der Waals surface area (Å²) in [5.74, 6) is 0.921. The van der Waals surface area contributed by atoms with Crippen LogP contribution in [0.3, 0.4) is 0 Å². The number of rotatable bonds is 9. The zero-order chi connectivity index (χ0) is 11.8. The maximum Gasteiger partial charge on any atom is 0.0136 e. The zero-order valence-corrected chi connectivity index (χ0v) is 11.5. The van der Waals surface area contributed by atoms with Crippen molar-refractivity contribution in [2.24, 2.45) is 5.92 Å². The predicted octanol–water partition coefficient (Wildman–Crippen LogP) is 2.89. The van der Waals surface area contributed by atoms with Gasteiger partial charge >= 0.3 is 0 Å². The van der Waals surface area contributed by atoms with Crippen molar-refractivity contribution < 1.29 is 0 Å². The lowest BCUT2D eigenvalue weighted by atomic mass is 9.78. The van der Waals surface area contributed by atoms with E-state index in [2.05, 4.69) is 31.0 Å². The van der Waals surface area contributed by atoms with Gasteiger partial charge in [-0.1, -0.05) is 20.8 Å². The number of nitrogens with one attached hydrogen (secondary N) is 1. The molecule has 2 unspecified atom stereocenters. The molecule has 0 aliphatic heterocycles. The van der Waals surface area contributed by atoms with E-state index in [1.54, 1.807) is 0 Å². The van der Waals surface area contributed by atoms with Crippen LogP contribution >= 0.6 is 0 Å². The van der Waals surface area contributed by atoms with Gasteiger partial charge in [-0.15, -0.1) is 0 Å². The van der Waals surface area contributed by atoms with Crippen molar-refractivity contribution in [1.29, 1.82) is 0 Å². The quantitative estimate of drug-likeness (QED) is 0.608. The third-order valence-electron chi connectivity index (χ3n) is 3.70. The van der Waals surface area contributed by atoms with Crippen LogP contribution in [0, 0.1) is 5.92 Å². The van der Waals surface area contributed by atoms with Crippen LogP contribution in [0.1, 0.15) is 52.9 Å². The molecular formula is C14H30N2. The monoisotopic (exact) mass is 226 g/mol. The fraction of sp³-hybridized carbons (Fsp3) is 1.00. The van der Waals surface area contributed by atoms with Crippen LogP contribution in [-0.4, -0.2) is 37.1 Å². The molecule has 1 fully saturated rings. The van der Waals surface area contributed by atoms with Crippen LogP contribution in [0.5, 0.6) is 0 Å². The molecule has 1 rings (SSSR count). The second kappa shape index (κ2) is 8.08. The maximum atomic E-state index is 3.58. The molecule has 1 N–H and O–H groups in total. The van der Waals surface area contributed by atoms with Crippen LogP contribution in [-0.2, 0) is 0 Å². The predicted molar refractivity (Wildman–Crippen MR) is 71.8 cm³/mol. The van der Waals surface area contributed by atoms with E-state index in [1.807, 2.05) is 0 Å². The van der Waals surface area contributed by atoms with Gasteiger partial charge in [0.15, 0.2) is 0 Å². The molecule has 0 bridgehead atoms. The van der Waals surface area contributed by atoms with Gasteiger partial charge in [-0.3, -0.25) is 0 Å². The molecule has 0 aromatic heterocycles. The van der Waals surface area contributed by atoms with Crippen molar-refractivity contribution >= 4 is 0 Å². The molecule has 0 heterocycles. The lowest BCUT2D eigenvalue weighted by Gasteiger charge is -2.44. The minimum atomic E-state index is 0.879. The van der Waals surface area contributed by atoms with Crippen LogP contribution in [0.4, 0.5) is 0 Å². The SMILES string of the molecule is CCCNCC1CCC1N(CCC)CCC. The van der Waals surface area contributed by atoms with E-state index in [9.17, 15) is 0 Å². The molecule has 0 radical (unpaired) electrons. The highest BCUT2D eigenvalue weighted by Crippen LogP contribution is 2.31. The average molecular weight is 226 g/mol. The van der Waals surface area contributed by atoms with Gasteiger partial charge in [-0.05, 0) is 64.2 Å². The van der Waals surface area contributed by atoms with Gasteiger partial charge in [0.1, 0.15) is 0 Å². The zero-order valence-electron chi connectivity index (χ0n) is 11.5. The number of nitrogens with zero attached hydrogens (tertiary/aromatic N) is 1. The Morgan fingerprint density at radius 2 is 1.69 bits per heavy atom.